The molecule has 0 bridgehead atoms. The Kier molecular flexibility index (Phi) is 4.66. The zero-order chi connectivity index (χ0) is 20.3. The number of rotatable bonds is 2. The molecule has 0 spiro atoms. The van der Waals surface area contributed by atoms with Gasteiger partial charge in [-0.25, -0.2) is 4.39 Å². The summed E-state index contributed by atoms with van der Waals surface area (Å²) >= 11 is 0. The van der Waals surface area contributed by atoms with E-state index < -0.39 is 11.8 Å². The van der Waals surface area contributed by atoms with Gasteiger partial charge in [0.05, 0.1) is 0 Å². The first-order valence-electron chi connectivity index (χ1n) is 10.4. The topological polar surface area (TPSA) is 69.7 Å². The highest BCUT2D eigenvalue weighted by molar-refractivity contribution is 5.95. The Morgan fingerprint density at radius 1 is 1.07 bits per heavy atom. The van der Waals surface area contributed by atoms with Crippen LogP contribution in [-0.4, -0.2) is 35.6 Å². The third-order valence-corrected chi connectivity index (χ3v) is 7.88. The molecule has 0 aromatic heterocycles. The van der Waals surface area contributed by atoms with Gasteiger partial charge in [-0.3, -0.25) is 14.4 Å². The fraction of sp³-hybridized carbons (Fsp3) is 0.773. The van der Waals surface area contributed by atoms with Crippen molar-refractivity contribution in [1.29, 1.82) is 0 Å². The maximum atomic E-state index is 14.1. The first-order chi connectivity index (χ1) is 13.2. The van der Waals surface area contributed by atoms with E-state index >= 15 is 0 Å². The summed E-state index contributed by atoms with van der Waals surface area (Å²) < 4.78 is 25.6. The van der Waals surface area contributed by atoms with Crippen molar-refractivity contribution >= 4 is 17.7 Å². The van der Waals surface area contributed by atoms with E-state index in [2.05, 4.69) is 6.92 Å². The van der Waals surface area contributed by atoms with Crippen molar-refractivity contribution in [2.75, 3.05) is 0 Å². The molecule has 154 valence electrons. The van der Waals surface area contributed by atoms with E-state index in [-0.39, 0.29) is 53.4 Å². The molecule has 0 saturated heterocycles. The molecule has 5 nitrogen and oxygen atoms in total. The van der Waals surface area contributed by atoms with Gasteiger partial charge in [-0.1, -0.05) is 6.92 Å². The Morgan fingerprint density at radius 2 is 1.82 bits per heavy atom. The Balaban J connectivity index is 1.73. The molecule has 0 aliphatic heterocycles. The van der Waals surface area contributed by atoms with Crippen LogP contribution in [0.1, 0.15) is 65.7 Å². The normalized spacial score (nSPS) is 44.6. The molecule has 0 aromatic rings. The Bertz CT molecular complexity index is 745. The Hall–Kier alpha value is -1.72. The van der Waals surface area contributed by atoms with Crippen LogP contribution in [0.25, 0.3) is 0 Å². The molecule has 28 heavy (non-hydrogen) atoms. The van der Waals surface area contributed by atoms with Gasteiger partial charge in [-0.05, 0) is 56.1 Å². The lowest BCUT2D eigenvalue weighted by Gasteiger charge is -2.56. The number of esters is 2. The van der Waals surface area contributed by atoms with Crippen molar-refractivity contribution in [3.05, 3.63) is 11.6 Å². The molecular formula is C22H29FO5. The van der Waals surface area contributed by atoms with Crippen molar-refractivity contribution in [2.24, 2.45) is 23.2 Å². The number of allylic oxidation sites excluding steroid dienone is 1. The second-order valence-corrected chi connectivity index (χ2v) is 9.35. The molecule has 3 fully saturated rings. The largest absolute Gasteiger partial charge is 0.462 e. The summed E-state index contributed by atoms with van der Waals surface area (Å²) in [5.41, 5.74) is -0.443. The fourth-order valence-corrected chi connectivity index (χ4v) is 6.77. The second-order valence-electron chi connectivity index (χ2n) is 9.35. The molecule has 0 aromatic carbocycles. The molecule has 0 heterocycles. The summed E-state index contributed by atoms with van der Waals surface area (Å²) in [6, 6.07) is 0. The number of fused-ring (bicyclic) bond motifs is 5. The Labute approximate surface area is 165 Å². The van der Waals surface area contributed by atoms with Crippen molar-refractivity contribution in [2.45, 2.75) is 83.6 Å². The van der Waals surface area contributed by atoms with E-state index in [9.17, 15) is 18.8 Å². The maximum Gasteiger partial charge on any atom is 0.303 e. The van der Waals surface area contributed by atoms with Crippen LogP contribution in [-0.2, 0) is 23.9 Å². The lowest BCUT2D eigenvalue weighted by molar-refractivity contribution is -0.180. The third-order valence-electron chi connectivity index (χ3n) is 7.88. The molecule has 6 heteroatoms. The number of carbonyl (C=O) groups is 3. The summed E-state index contributed by atoms with van der Waals surface area (Å²) in [5, 5.41) is 0. The van der Waals surface area contributed by atoms with Crippen molar-refractivity contribution in [1.82, 2.24) is 0 Å². The van der Waals surface area contributed by atoms with Gasteiger partial charge in [0, 0.05) is 37.5 Å². The molecule has 4 aliphatic rings. The summed E-state index contributed by atoms with van der Waals surface area (Å²) in [4.78, 5) is 36.7. The number of carbonyl (C=O) groups excluding carboxylic acids is 3. The highest BCUT2D eigenvalue weighted by atomic mass is 19.1. The van der Waals surface area contributed by atoms with Crippen LogP contribution < -0.4 is 0 Å². The number of hydrogen-bond donors (Lipinski definition) is 0. The summed E-state index contributed by atoms with van der Waals surface area (Å²) in [5.74, 6) is -0.950. The third kappa shape index (κ3) is 2.82. The molecule has 0 unspecified atom stereocenters. The molecule has 3 saturated carbocycles. The molecule has 7 atom stereocenters. The first kappa shape index (κ1) is 19.6. The lowest BCUT2D eigenvalue weighted by atomic mass is 9.51. The zero-order valence-electron chi connectivity index (χ0n) is 16.8. The number of halogens is 1. The van der Waals surface area contributed by atoms with Gasteiger partial charge in [0.1, 0.15) is 17.9 Å². The van der Waals surface area contributed by atoms with Crippen LogP contribution in [0.15, 0.2) is 11.6 Å². The predicted octanol–water partition coefficient (Wildman–Crippen LogP) is 3.69. The highest BCUT2D eigenvalue weighted by Gasteiger charge is 2.64. The monoisotopic (exact) mass is 392 g/mol. The summed E-state index contributed by atoms with van der Waals surface area (Å²) in [7, 11) is 0. The van der Waals surface area contributed by atoms with Crippen LogP contribution in [0.3, 0.4) is 0 Å². The fourth-order valence-electron chi connectivity index (χ4n) is 6.77. The van der Waals surface area contributed by atoms with Gasteiger partial charge < -0.3 is 9.47 Å². The van der Waals surface area contributed by atoms with E-state index in [1.165, 1.54) is 13.8 Å². The van der Waals surface area contributed by atoms with Crippen LogP contribution in [0.4, 0.5) is 4.39 Å². The van der Waals surface area contributed by atoms with Crippen LogP contribution in [0.5, 0.6) is 0 Å². The molecule has 4 rings (SSSR count). The average molecular weight is 392 g/mol. The quantitative estimate of drug-likeness (QED) is 0.671. The van der Waals surface area contributed by atoms with E-state index in [1.807, 2.05) is 0 Å². The van der Waals surface area contributed by atoms with Crippen LogP contribution in [0.2, 0.25) is 0 Å². The lowest BCUT2D eigenvalue weighted by Crippen LogP contribution is -2.59. The predicted molar refractivity (Wildman–Crippen MR) is 98.9 cm³/mol. The number of hydrogen-bond acceptors (Lipinski definition) is 5. The van der Waals surface area contributed by atoms with Gasteiger partial charge in [0.25, 0.3) is 0 Å². The van der Waals surface area contributed by atoms with E-state index in [0.29, 0.717) is 24.8 Å². The van der Waals surface area contributed by atoms with Crippen molar-refractivity contribution in [3.63, 3.8) is 0 Å². The molecular weight excluding hydrogens is 363 g/mol. The maximum absolute atomic E-state index is 14.1. The van der Waals surface area contributed by atoms with Gasteiger partial charge in [0.15, 0.2) is 5.78 Å². The minimum atomic E-state index is -0.993. The van der Waals surface area contributed by atoms with Gasteiger partial charge in [0.2, 0.25) is 0 Å². The SMILES string of the molecule is CC(=O)O[C@H]1CC[C@H]2[C@@H]3C(=O)C=C4C[C@@H](F)CC[C@]4(OC(C)=O)[C@H]3CC[C@]12C. The number of ketones is 1. The van der Waals surface area contributed by atoms with Gasteiger partial charge in [-0.2, -0.15) is 0 Å². The highest BCUT2D eigenvalue weighted by Crippen LogP contribution is 2.63. The van der Waals surface area contributed by atoms with Gasteiger partial charge >= 0.3 is 11.9 Å². The minimum Gasteiger partial charge on any atom is -0.462 e. The first-order valence-corrected chi connectivity index (χ1v) is 10.4. The van der Waals surface area contributed by atoms with Gasteiger partial charge in [-0.15, -0.1) is 0 Å². The zero-order valence-corrected chi connectivity index (χ0v) is 16.8. The minimum absolute atomic E-state index is 0.0243. The molecule has 0 amide bonds. The molecule has 0 radical (unpaired) electrons. The summed E-state index contributed by atoms with van der Waals surface area (Å²) in [6.07, 6.45) is 4.43. The molecule has 0 N–H and O–H groups in total. The molecule has 4 aliphatic carbocycles. The average Bonchev–Trinajstić information content (AvgIpc) is 2.91. The Morgan fingerprint density at radius 3 is 2.50 bits per heavy atom. The van der Waals surface area contributed by atoms with Crippen LogP contribution in [0, 0.1) is 23.2 Å². The van der Waals surface area contributed by atoms with Crippen molar-refractivity contribution in [3.8, 4) is 0 Å². The smallest absolute Gasteiger partial charge is 0.303 e. The van der Waals surface area contributed by atoms with E-state index in [0.717, 1.165) is 19.3 Å². The number of ether oxygens (including phenoxy) is 2. The van der Waals surface area contributed by atoms with E-state index in [1.54, 1.807) is 6.08 Å². The van der Waals surface area contributed by atoms with Crippen molar-refractivity contribution < 1.29 is 28.2 Å². The standard InChI is InChI=1S/C22H29FO5/c1-12(24)27-19-5-4-16-20-17(7-8-21(16,19)3)22(28-13(2)25)9-6-15(23)10-14(22)11-18(20)26/h11,15-17,19-20H,4-10H2,1-3H3/t15-,16-,17-,19-,20-,21-,22+/m0/s1. The number of alkyl halides is 1. The second kappa shape index (κ2) is 6.67. The van der Waals surface area contributed by atoms with E-state index in [4.69, 9.17) is 9.47 Å². The summed E-state index contributed by atoms with van der Waals surface area (Å²) in [6.45, 7) is 4.94. The van der Waals surface area contributed by atoms with Crippen LogP contribution >= 0.6 is 0 Å².